The van der Waals surface area contributed by atoms with Gasteiger partial charge in [0, 0.05) is 25.6 Å². The molecule has 0 atom stereocenters. The maximum absolute atomic E-state index is 12.8. The number of benzene rings is 2. The fraction of sp³-hybridized carbons (Fsp3) is 0.348. The molecule has 8 heteroatoms. The molecule has 162 valence electrons. The Hall–Kier alpha value is -3.39. The lowest BCUT2D eigenvalue weighted by Gasteiger charge is -2.37. The van der Waals surface area contributed by atoms with Gasteiger partial charge in [0.2, 0.25) is 5.89 Å². The summed E-state index contributed by atoms with van der Waals surface area (Å²) in [4.78, 5) is 19.0. The highest BCUT2D eigenvalue weighted by molar-refractivity contribution is 5.97. The number of hydrogen-bond donors (Lipinski definition) is 0. The molecule has 8 nitrogen and oxygen atoms in total. The van der Waals surface area contributed by atoms with Crippen LogP contribution in [-0.4, -0.2) is 54.9 Å². The molecule has 2 aromatic carbocycles. The number of amides is 1. The van der Waals surface area contributed by atoms with Crippen molar-refractivity contribution in [3.63, 3.8) is 0 Å². The minimum absolute atomic E-state index is 0.0414. The van der Waals surface area contributed by atoms with E-state index in [1.54, 1.807) is 30.2 Å². The second-order valence-electron chi connectivity index (χ2n) is 7.31. The van der Waals surface area contributed by atoms with Crippen LogP contribution in [0.1, 0.15) is 33.6 Å². The fourth-order valence-electron chi connectivity index (χ4n) is 3.41. The van der Waals surface area contributed by atoms with Crippen LogP contribution in [0, 0.1) is 0 Å². The lowest BCUT2D eigenvalue weighted by atomic mass is 9.98. The van der Waals surface area contributed by atoms with Crippen molar-refractivity contribution in [2.24, 2.45) is 0 Å². The van der Waals surface area contributed by atoms with Gasteiger partial charge >= 0.3 is 0 Å². The van der Waals surface area contributed by atoms with Crippen molar-refractivity contribution in [2.75, 3.05) is 33.9 Å². The molecule has 2 heterocycles. The van der Waals surface area contributed by atoms with Gasteiger partial charge < -0.3 is 23.6 Å². The van der Waals surface area contributed by atoms with E-state index >= 15 is 0 Å². The summed E-state index contributed by atoms with van der Waals surface area (Å²) < 4.78 is 21.6. The minimum atomic E-state index is -0.0928. The first kappa shape index (κ1) is 20.9. The van der Waals surface area contributed by atoms with Gasteiger partial charge in [0.25, 0.3) is 5.91 Å². The second-order valence-corrected chi connectivity index (χ2v) is 7.31. The van der Waals surface area contributed by atoms with Gasteiger partial charge in [-0.1, -0.05) is 35.5 Å². The number of nitrogens with zero attached hydrogens (tertiary/aromatic N) is 3. The number of aromatic nitrogens is 2. The fourth-order valence-corrected chi connectivity index (χ4v) is 3.41. The van der Waals surface area contributed by atoms with Crippen molar-refractivity contribution in [1.82, 2.24) is 15.0 Å². The lowest BCUT2D eigenvalue weighted by Crippen LogP contribution is -2.48. The molecule has 0 unspecified atom stereocenters. The summed E-state index contributed by atoms with van der Waals surface area (Å²) in [5.74, 6) is 2.25. The monoisotopic (exact) mass is 423 g/mol. The summed E-state index contributed by atoms with van der Waals surface area (Å²) in [6, 6.07) is 15.2. The highest BCUT2D eigenvalue weighted by Crippen LogP contribution is 2.31. The Kier molecular flexibility index (Phi) is 6.47. The molecule has 1 fully saturated rings. The third-order valence-electron chi connectivity index (χ3n) is 5.22. The number of rotatable bonds is 9. The molecule has 3 aromatic rings. The average molecular weight is 423 g/mol. The molecule has 1 aliphatic rings. The van der Waals surface area contributed by atoms with Crippen LogP contribution in [0.2, 0.25) is 0 Å². The van der Waals surface area contributed by atoms with E-state index in [0.29, 0.717) is 61.5 Å². The molecule has 1 aliphatic heterocycles. The average Bonchev–Trinajstić information content (AvgIpc) is 3.24. The first-order valence-corrected chi connectivity index (χ1v) is 10.1. The van der Waals surface area contributed by atoms with Gasteiger partial charge in [-0.3, -0.25) is 4.79 Å². The highest BCUT2D eigenvalue weighted by Gasteiger charge is 2.36. The van der Waals surface area contributed by atoms with Gasteiger partial charge in [0.1, 0.15) is 11.5 Å². The summed E-state index contributed by atoms with van der Waals surface area (Å²) in [5, 5.41) is 4.03. The summed E-state index contributed by atoms with van der Waals surface area (Å²) in [6.07, 6.45) is 0.578. The number of carbonyl (C=O) groups excluding carboxylic acids is 1. The molecular formula is C23H25N3O5. The quantitative estimate of drug-likeness (QED) is 0.489. The number of hydrogen-bond acceptors (Lipinski definition) is 7. The number of likely N-dealkylation sites (tertiary alicyclic amines) is 1. The molecule has 0 radical (unpaired) electrons. The summed E-state index contributed by atoms with van der Waals surface area (Å²) in [7, 11) is 3.11. The van der Waals surface area contributed by atoms with Crippen molar-refractivity contribution >= 4 is 5.91 Å². The molecule has 1 amide bonds. The molecule has 4 rings (SSSR count). The first-order valence-electron chi connectivity index (χ1n) is 10.1. The first-order chi connectivity index (χ1) is 15.2. The molecule has 0 saturated carbocycles. The summed E-state index contributed by atoms with van der Waals surface area (Å²) in [5.41, 5.74) is 1.63. The Morgan fingerprint density at radius 1 is 1.13 bits per heavy atom. The smallest absolute Gasteiger partial charge is 0.257 e. The van der Waals surface area contributed by atoms with Gasteiger partial charge in [-0.05, 0) is 17.7 Å². The molecule has 0 N–H and O–H groups in total. The van der Waals surface area contributed by atoms with Crippen LogP contribution in [0.4, 0.5) is 0 Å². The Morgan fingerprint density at radius 3 is 2.68 bits per heavy atom. The highest BCUT2D eigenvalue weighted by atomic mass is 16.5. The van der Waals surface area contributed by atoms with E-state index in [1.165, 1.54) is 7.11 Å². The van der Waals surface area contributed by atoms with Crippen molar-refractivity contribution in [2.45, 2.75) is 18.9 Å². The van der Waals surface area contributed by atoms with Crippen molar-refractivity contribution < 1.29 is 23.5 Å². The van der Waals surface area contributed by atoms with Crippen LogP contribution in [0.5, 0.6) is 11.5 Å². The van der Waals surface area contributed by atoms with Gasteiger partial charge in [-0.15, -0.1) is 0 Å². The second kappa shape index (κ2) is 9.61. The van der Waals surface area contributed by atoms with Crippen LogP contribution >= 0.6 is 0 Å². The predicted octanol–water partition coefficient (Wildman–Crippen LogP) is 3.09. The molecule has 0 bridgehead atoms. The SMILES string of the molecule is COc1ccc(C(=O)N2CC(c3nc(CCOCc4ccccc4)no3)C2)c(OC)c1. The largest absolute Gasteiger partial charge is 0.497 e. The third kappa shape index (κ3) is 4.86. The summed E-state index contributed by atoms with van der Waals surface area (Å²) in [6.45, 7) is 2.13. The van der Waals surface area contributed by atoms with Gasteiger partial charge in [-0.25, -0.2) is 0 Å². The number of ether oxygens (including phenoxy) is 3. The lowest BCUT2D eigenvalue weighted by molar-refractivity contribution is 0.0566. The van der Waals surface area contributed by atoms with Crippen LogP contribution in [0.3, 0.4) is 0 Å². The molecule has 1 saturated heterocycles. The van der Waals surface area contributed by atoms with E-state index < -0.39 is 0 Å². The van der Waals surface area contributed by atoms with Crippen molar-refractivity contribution in [3.05, 3.63) is 71.4 Å². The Labute approximate surface area is 180 Å². The molecular weight excluding hydrogens is 398 g/mol. The van der Waals surface area contributed by atoms with Crippen LogP contribution in [0.25, 0.3) is 0 Å². The number of methoxy groups -OCH3 is 2. The van der Waals surface area contributed by atoms with E-state index in [1.807, 2.05) is 30.3 Å². The standard InChI is InChI=1S/C23H25N3O5/c1-28-18-8-9-19(20(12-18)29-2)23(27)26-13-17(14-26)22-24-21(25-31-22)10-11-30-15-16-6-4-3-5-7-16/h3-9,12,17H,10-11,13-15H2,1-2H3. The van der Waals surface area contributed by atoms with Crippen LogP contribution in [0.15, 0.2) is 53.1 Å². The zero-order chi connectivity index (χ0) is 21.6. The molecule has 31 heavy (non-hydrogen) atoms. The third-order valence-corrected chi connectivity index (χ3v) is 5.22. The zero-order valence-corrected chi connectivity index (χ0v) is 17.6. The Bertz CT molecular complexity index is 1020. The number of carbonyl (C=O) groups is 1. The Morgan fingerprint density at radius 2 is 1.94 bits per heavy atom. The normalized spacial score (nSPS) is 13.7. The van der Waals surface area contributed by atoms with Crippen LogP contribution in [-0.2, 0) is 17.8 Å². The topological polar surface area (TPSA) is 86.9 Å². The molecule has 1 aromatic heterocycles. The van der Waals surface area contributed by atoms with E-state index in [-0.39, 0.29) is 11.8 Å². The van der Waals surface area contributed by atoms with Crippen LogP contribution < -0.4 is 9.47 Å². The van der Waals surface area contributed by atoms with E-state index in [4.69, 9.17) is 18.7 Å². The predicted molar refractivity (Wildman–Crippen MR) is 112 cm³/mol. The van der Waals surface area contributed by atoms with Crippen molar-refractivity contribution in [1.29, 1.82) is 0 Å². The molecule has 0 aliphatic carbocycles. The van der Waals surface area contributed by atoms with Crippen molar-refractivity contribution in [3.8, 4) is 11.5 Å². The Balaban J connectivity index is 1.26. The van der Waals surface area contributed by atoms with Gasteiger partial charge in [-0.2, -0.15) is 4.98 Å². The molecule has 0 spiro atoms. The van der Waals surface area contributed by atoms with Gasteiger partial charge in [0.05, 0.1) is 38.9 Å². The summed E-state index contributed by atoms with van der Waals surface area (Å²) >= 11 is 0. The van der Waals surface area contributed by atoms with E-state index in [2.05, 4.69) is 10.1 Å². The van der Waals surface area contributed by atoms with Gasteiger partial charge in [0.15, 0.2) is 5.82 Å². The maximum atomic E-state index is 12.8. The zero-order valence-electron chi connectivity index (χ0n) is 17.6. The van der Waals surface area contributed by atoms with E-state index in [0.717, 1.165) is 5.56 Å². The minimum Gasteiger partial charge on any atom is -0.497 e. The van der Waals surface area contributed by atoms with E-state index in [9.17, 15) is 4.79 Å². The maximum Gasteiger partial charge on any atom is 0.257 e.